The van der Waals surface area contributed by atoms with Gasteiger partial charge in [0.15, 0.2) is 0 Å². The molecule has 0 aliphatic rings. The molecule has 0 rings (SSSR count). The number of carbonyl (C=O) groups excluding carboxylic acids is 1. The van der Waals surface area contributed by atoms with E-state index in [4.69, 9.17) is 5.73 Å². The summed E-state index contributed by atoms with van der Waals surface area (Å²) in [6.07, 6.45) is 2.04. The van der Waals surface area contributed by atoms with Crippen molar-refractivity contribution in [3.63, 3.8) is 0 Å². The fraction of sp³-hybridized carbons (Fsp3) is 0.833. The standard InChI is InChI=1S/C6H15N3O/c1-8-4-2-3-5-9-6(7)10/h8H,2-5H2,1H3,(H3,7,9,10). The molecule has 0 aliphatic heterocycles. The lowest BCUT2D eigenvalue weighted by molar-refractivity contribution is 0.248. The van der Waals surface area contributed by atoms with Crippen molar-refractivity contribution < 1.29 is 4.79 Å². The third kappa shape index (κ3) is 7.23. The summed E-state index contributed by atoms with van der Waals surface area (Å²) in [5.74, 6) is 0. The quantitative estimate of drug-likeness (QED) is 0.463. The van der Waals surface area contributed by atoms with Crippen molar-refractivity contribution in [3.8, 4) is 0 Å². The summed E-state index contributed by atoms with van der Waals surface area (Å²) >= 11 is 0. The van der Waals surface area contributed by atoms with Gasteiger partial charge in [0.25, 0.3) is 0 Å². The second-order valence-electron chi connectivity index (χ2n) is 2.10. The lowest BCUT2D eigenvalue weighted by atomic mass is 10.3. The minimum atomic E-state index is -0.440. The van der Waals surface area contributed by atoms with Crippen molar-refractivity contribution in [2.75, 3.05) is 20.1 Å². The molecular weight excluding hydrogens is 130 g/mol. The Balaban J connectivity index is 2.84. The summed E-state index contributed by atoms with van der Waals surface area (Å²) in [5.41, 5.74) is 4.84. The smallest absolute Gasteiger partial charge is 0.312 e. The van der Waals surface area contributed by atoms with E-state index in [9.17, 15) is 4.79 Å². The molecule has 0 aromatic heterocycles. The van der Waals surface area contributed by atoms with E-state index >= 15 is 0 Å². The van der Waals surface area contributed by atoms with Gasteiger partial charge >= 0.3 is 6.03 Å². The summed E-state index contributed by atoms with van der Waals surface area (Å²) in [6.45, 7) is 1.66. The predicted molar refractivity (Wildman–Crippen MR) is 40.7 cm³/mol. The highest BCUT2D eigenvalue weighted by molar-refractivity contribution is 5.71. The third-order valence-corrected chi connectivity index (χ3v) is 1.15. The molecule has 60 valence electrons. The van der Waals surface area contributed by atoms with E-state index in [-0.39, 0.29) is 0 Å². The topological polar surface area (TPSA) is 67.2 Å². The van der Waals surface area contributed by atoms with Crippen molar-refractivity contribution in [1.29, 1.82) is 0 Å². The lowest BCUT2D eigenvalue weighted by Crippen LogP contribution is -2.30. The van der Waals surface area contributed by atoms with Gasteiger partial charge in [-0.25, -0.2) is 4.79 Å². The summed E-state index contributed by atoms with van der Waals surface area (Å²) in [7, 11) is 1.90. The van der Waals surface area contributed by atoms with Crippen LogP contribution in [-0.2, 0) is 0 Å². The highest BCUT2D eigenvalue weighted by Crippen LogP contribution is 1.82. The number of amides is 2. The van der Waals surface area contributed by atoms with Crippen molar-refractivity contribution in [1.82, 2.24) is 10.6 Å². The minimum absolute atomic E-state index is 0.440. The van der Waals surface area contributed by atoms with Gasteiger partial charge in [-0.3, -0.25) is 0 Å². The highest BCUT2D eigenvalue weighted by atomic mass is 16.2. The number of urea groups is 1. The average molecular weight is 145 g/mol. The zero-order valence-electron chi connectivity index (χ0n) is 6.31. The van der Waals surface area contributed by atoms with Gasteiger partial charge < -0.3 is 16.4 Å². The van der Waals surface area contributed by atoms with Gasteiger partial charge in [-0.15, -0.1) is 0 Å². The van der Waals surface area contributed by atoms with Crippen LogP contribution in [0.5, 0.6) is 0 Å². The van der Waals surface area contributed by atoms with E-state index in [1.54, 1.807) is 0 Å². The molecule has 0 saturated carbocycles. The molecule has 4 heteroatoms. The maximum atomic E-state index is 10.1. The lowest BCUT2D eigenvalue weighted by Gasteiger charge is -2.00. The molecule has 0 fully saturated rings. The minimum Gasteiger partial charge on any atom is -0.352 e. The number of hydrogen-bond acceptors (Lipinski definition) is 2. The molecule has 10 heavy (non-hydrogen) atoms. The Kier molecular flexibility index (Phi) is 5.86. The first kappa shape index (κ1) is 9.23. The monoisotopic (exact) mass is 145 g/mol. The Morgan fingerprint density at radius 1 is 1.40 bits per heavy atom. The van der Waals surface area contributed by atoms with E-state index in [0.29, 0.717) is 6.54 Å². The molecule has 0 aliphatic carbocycles. The molecule has 4 nitrogen and oxygen atoms in total. The Hall–Kier alpha value is -0.770. The van der Waals surface area contributed by atoms with Gasteiger partial charge in [-0.2, -0.15) is 0 Å². The first-order valence-corrected chi connectivity index (χ1v) is 3.45. The van der Waals surface area contributed by atoms with Crippen LogP contribution in [0.3, 0.4) is 0 Å². The average Bonchev–Trinajstić information content (AvgIpc) is 1.87. The fourth-order valence-electron chi connectivity index (χ4n) is 0.638. The van der Waals surface area contributed by atoms with Crippen molar-refractivity contribution in [2.45, 2.75) is 12.8 Å². The Bertz CT molecular complexity index is 95.0. The van der Waals surface area contributed by atoms with Gasteiger partial charge in [-0.1, -0.05) is 0 Å². The Morgan fingerprint density at radius 2 is 2.00 bits per heavy atom. The van der Waals surface area contributed by atoms with Crippen LogP contribution in [0.15, 0.2) is 0 Å². The van der Waals surface area contributed by atoms with Crippen LogP contribution < -0.4 is 16.4 Å². The van der Waals surface area contributed by atoms with Crippen LogP contribution in [-0.4, -0.2) is 26.2 Å². The normalized spacial score (nSPS) is 9.30. The summed E-state index contributed by atoms with van der Waals surface area (Å²) in [6, 6.07) is -0.440. The predicted octanol–water partition coefficient (Wildman–Crippen LogP) is -0.346. The summed E-state index contributed by atoms with van der Waals surface area (Å²) in [5, 5.41) is 5.53. The van der Waals surface area contributed by atoms with Crippen LogP contribution in [0.25, 0.3) is 0 Å². The van der Waals surface area contributed by atoms with Crippen molar-refractivity contribution in [3.05, 3.63) is 0 Å². The maximum Gasteiger partial charge on any atom is 0.312 e. The number of rotatable bonds is 5. The van der Waals surface area contributed by atoms with E-state index in [1.165, 1.54) is 0 Å². The Morgan fingerprint density at radius 3 is 2.50 bits per heavy atom. The number of nitrogens with two attached hydrogens (primary N) is 1. The second-order valence-corrected chi connectivity index (χ2v) is 2.10. The van der Waals surface area contributed by atoms with Gasteiger partial charge in [0, 0.05) is 6.54 Å². The van der Waals surface area contributed by atoms with Crippen molar-refractivity contribution >= 4 is 6.03 Å². The van der Waals surface area contributed by atoms with Gasteiger partial charge in [-0.05, 0) is 26.4 Å². The Labute approximate surface area is 61.2 Å². The number of carbonyl (C=O) groups is 1. The van der Waals surface area contributed by atoms with Crippen LogP contribution in [0.1, 0.15) is 12.8 Å². The molecule has 0 radical (unpaired) electrons. The van der Waals surface area contributed by atoms with Crippen LogP contribution in [0.2, 0.25) is 0 Å². The number of nitrogens with one attached hydrogen (secondary N) is 2. The van der Waals surface area contributed by atoms with Crippen molar-refractivity contribution in [2.24, 2.45) is 5.73 Å². The molecule has 0 atom stereocenters. The first-order chi connectivity index (χ1) is 4.77. The highest BCUT2D eigenvalue weighted by Gasteiger charge is 1.89. The number of hydrogen-bond donors (Lipinski definition) is 3. The molecule has 0 unspecified atom stereocenters. The molecule has 0 bridgehead atoms. The maximum absolute atomic E-state index is 10.1. The van der Waals surface area contributed by atoms with Crippen LogP contribution in [0.4, 0.5) is 4.79 Å². The second kappa shape index (κ2) is 6.35. The molecule has 0 heterocycles. The molecule has 0 spiro atoms. The number of unbranched alkanes of at least 4 members (excludes halogenated alkanes) is 1. The van der Waals surface area contributed by atoms with E-state index in [1.807, 2.05) is 7.05 Å². The van der Waals surface area contributed by atoms with Gasteiger partial charge in [0.1, 0.15) is 0 Å². The van der Waals surface area contributed by atoms with Crippen LogP contribution >= 0.6 is 0 Å². The third-order valence-electron chi connectivity index (χ3n) is 1.15. The summed E-state index contributed by atoms with van der Waals surface area (Å²) < 4.78 is 0. The molecular formula is C6H15N3O. The zero-order chi connectivity index (χ0) is 7.82. The van der Waals surface area contributed by atoms with E-state index in [0.717, 1.165) is 19.4 Å². The number of primary amides is 1. The van der Waals surface area contributed by atoms with Crippen LogP contribution in [0, 0.1) is 0 Å². The largest absolute Gasteiger partial charge is 0.352 e. The molecule has 0 aromatic carbocycles. The molecule has 2 amide bonds. The SMILES string of the molecule is CNCCCCNC(N)=O. The zero-order valence-corrected chi connectivity index (χ0v) is 6.31. The molecule has 4 N–H and O–H groups in total. The summed E-state index contributed by atoms with van der Waals surface area (Å²) in [4.78, 5) is 10.1. The fourth-order valence-corrected chi connectivity index (χ4v) is 0.638. The molecule has 0 aromatic rings. The van der Waals surface area contributed by atoms with E-state index in [2.05, 4.69) is 10.6 Å². The molecule has 0 saturated heterocycles. The van der Waals surface area contributed by atoms with E-state index < -0.39 is 6.03 Å². The van der Waals surface area contributed by atoms with Gasteiger partial charge in [0.2, 0.25) is 0 Å². The van der Waals surface area contributed by atoms with Gasteiger partial charge in [0.05, 0.1) is 0 Å². The first-order valence-electron chi connectivity index (χ1n) is 3.45.